The van der Waals surface area contributed by atoms with Crippen molar-refractivity contribution in [2.45, 2.75) is 13.5 Å². The van der Waals surface area contributed by atoms with E-state index < -0.39 is 0 Å². The maximum atomic E-state index is 13.0. The maximum Gasteiger partial charge on any atom is 0.142 e. The molecule has 2 nitrogen and oxygen atoms in total. The van der Waals surface area contributed by atoms with E-state index in [2.05, 4.69) is 5.32 Å². The molecule has 0 aliphatic rings. The highest BCUT2D eigenvalue weighted by molar-refractivity contribution is 5.56. The second kappa shape index (κ2) is 6.05. The summed E-state index contributed by atoms with van der Waals surface area (Å²) in [5, 5.41) is 3.25. The fraction of sp³-hybridized carbons (Fsp3) is 0.200. The lowest BCUT2D eigenvalue weighted by Crippen LogP contribution is -2.02. The van der Waals surface area contributed by atoms with E-state index in [9.17, 15) is 4.39 Å². The van der Waals surface area contributed by atoms with E-state index in [0.29, 0.717) is 13.2 Å². The minimum absolute atomic E-state index is 0.215. The molecule has 2 rings (SSSR count). The van der Waals surface area contributed by atoms with E-state index in [-0.39, 0.29) is 5.82 Å². The van der Waals surface area contributed by atoms with Crippen LogP contribution in [0.1, 0.15) is 12.5 Å². The minimum Gasteiger partial charge on any atom is -0.492 e. The smallest absolute Gasteiger partial charge is 0.142 e. The molecular weight excluding hydrogens is 229 g/mol. The predicted octanol–water partition coefficient (Wildman–Crippen LogP) is 3.84. The monoisotopic (exact) mass is 245 g/mol. The number of halogens is 1. The van der Waals surface area contributed by atoms with Gasteiger partial charge in [-0.1, -0.05) is 24.3 Å². The molecule has 0 fully saturated rings. The summed E-state index contributed by atoms with van der Waals surface area (Å²) < 4.78 is 18.6. The molecule has 2 aromatic rings. The summed E-state index contributed by atoms with van der Waals surface area (Å²) in [5.74, 6) is 0.601. The van der Waals surface area contributed by atoms with Crippen LogP contribution in [0, 0.1) is 5.82 Å². The molecule has 0 aliphatic carbocycles. The normalized spacial score (nSPS) is 10.1. The molecule has 0 atom stereocenters. The van der Waals surface area contributed by atoms with Gasteiger partial charge in [-0.2, -0.15) is 0 Å². The Labute approximate surface area is 106 Å². The molecule has 0 amide bonds. The molecule has 2 aromatic carbocycles. The number of benzene rings is 2. The van der Waals surface area contributed by atoms with Crippen LogP contribution >= 0.6 is 0 Å². The first kappa shape index (κ1) is 12.4. The van der Waals surface area contributed by atoms with E-state index in [4.69, 9.17) is 4.74 Å². The highest BCUT2D eigenvalue weighted by Crippen LogP contribution is 2.24. The molecule has 0 heterocycles. The standard InChI is InChI=1S/C15H16FNO/c1-2-18-15-9-4-3-8-14(15)17-11-12-6-5-7-13(16)10-12/h3-10,17H,2,11H2,1H3. The summed E-state index contributed by atoms with van der Waals surface area (Å²) in [5.41, 5.74) is 1.82. The summed E-state index contributed by atoms with van der Waals surface area (Å²) in [7, 11) is 0. The number of ether oxygens (including phenoxy) is 1. The molecule has 0 spiro atoms. The minimum atomic E-state index is -0.215. The Bertz CT molecular complexity index is 513. The Hall–Kier alpha value is -2.03. The van der Waals surface area contributed by atoms with Crippen LogP contribution in [-0.4, -0.2) is 6.61 Å². The topological polar surface area (TPSA) is 21.3 Å². The third-order valence-electron chi connectivity index (χ3n) is 2.56. The van der Waals surface area contributed by atoms with Crippen molar-refractivity contribution in [3.8, 4) is 5.75 Å². The third kappa shape index (κ3) is 3.23. The van der Waals surface area contributed by atoms with Crippen molar-refractivity contribution in [1.29, 1.82) is 0 Å². The van der Waals surface area contributed by atoms with E-state index in [1.807, 2.05) is 37.3 Å². The summed E-state index contributed by atoms with van der Waals surface area (Å²) in [6.45, 7) is 3.14. The van der Waals surface area contributed by atoms with Gasteiger partial charge in [-0.25, -0.2) is 4.39 Å². The lowest BCUT2D eigenvalue weighted by molar-refractivity contribution is 0.341. The van der Waals surface area contributed by atoms with Gasteiger partial charge in [-0.05, 0) is 36.8 Å². The van der Waals surface area contributed by atoms with Gasteiger partial charge in [0.15, 0.2) is 0 Å². The van der Waals surface area contributed by atoms with Gasteiger partial charge in [0.25, 0.3) is 0 Å². The molecular formula is C15H16FNO. The van der Waals surface area contributed by atoms with E-state index >= 15 is 0 Å². The van der Waals surface area contributed by atoms with Crippen LogP contribution in [0.4, 0.5) is 10.1 Å². The number of rotatable bonds is 5. The van der Waals surface area contributed by atoms with Crippen molar-refractivity contribution in [1.82, 2.24) is 0 Å². The van der Waals surface area contributed by atoms with Crippen molar-refractivity contribution in [2.24, 2.45) is 0 Å². The molecule has 0 bridgehead atoms. The Morgan fingerprint density at radius 2 is 1.94 bits per heavy atom. The molecule has 0 saturated carbocycles. The molecule has 0 saturated heterocycles. The molecule has 1 N–H and O–H groups in total. The zero-order chi connectivity index (χ0) is 12.8. The first-order valence-electron chi connectivity index (χ1n) is 5.99. The van der Waals surface area contributed by atoms with Crippen molar-refractivity contribution >= 4 is 5.69 Å². The lowest BCUT2D eigenvalue weighted by atomic mass is 10.2. The Balaban J connectivity index is 2.06. The zero-order valence-electron chi connectivity index (χ0n) is 10.3. The first-order valence-corrected chi connectivity index (χ1v) is 5.99. The fourth-order valence-corrected chi connectivity index (χ4v) is 1.74. The Kier molecular flexibility index (Phi) is 4.18. The number of para-hydroxylation sites is 2. The molecule has 0 unspecified atom stereocenters. The van der Waals surface area contributed by atoms with Crippen LogP contribution in [0.2, 0.25) is 0 Å². The zero-order valence-corrected chi connectivity index (χ0v) is 10.3. The highest BCUT2D eigenvalue weighted by atomic mass is 19.1. The van der Waals surface area contributed by atoms with Crippen LogP contribution in [0.15, 0.2) is 48.5 Å². The number of hydrogen-bond donors (Lipinski definition) is 1. The van der Waals surface area contributed by atoms with Gasteiger partial charge in [0.05, 0.1) is 12.3 Å². The van der Waals surface area contributed by atoms with Gasteiger partial charge in [0.1, 0.15) is 11.6 Å². The highest BCUT2D eigenvalue weighted by Gasteiger charge is 2.02. The fourth-order valence-electron chi connectivity index (χ4n) is 1.74. The van der Waals surface area contributed by atoms with E-state index in [1.54, 1.807) is 6.07 Å². The van der Waals surface area contributed by atoms with Crippen LogP contribution in [0.5, 0.6) is 5.75 Å². The maximum absolute atomic E-state index is 13.0. The predicted molar refractivity (Wildman–Crippen MR) is 71.3 cm³/mol. The van der Waals surface area contributed by atoms with Gasteiger partial charge >= 0.3 is 0 Å². The average molecular weight is 245 g/mol. The second-order valence-corrected chi connectivity index (χ2v) is 3.91. The van der Waals surface area contributed by atoms with E-state index in [0.717, 1.165) is 17.0 Å². The van der Waals surface area contributed by atoms with Crippen molar-refractivity contribution < 1.29 is 9.13 Å². The summed E-state index contributed by atoms with van der Waals surface area (Å²) in [4.78, 5) is 0. The average Bonchev–Trinajstić information content (AvgIpc) is 2.38. The first-order chi connectivity index (χ1) is 8.79. The van der Waals surface area contributed by atoms with Gasteiger partial charge in [-0.3, -0.25) is 0 Å². The lowest BCUT2D eigenvalue weighted by Gasteiger charge is -2.12. The SMILES string of the molecule is CCOc1ccccc1NCc1cccc(F)c1. The van der Waals surface area contributed by atoms with Crippen molar-refractivity contribution in [3.05, 3.63) is 59.9 Å². The molecule has 0 aliphatic heterocycles. The number of nitrogens with one attached hydrogen (secondary N) is 1. The molecule has 0 aromatic heterocycles. The second-order valence-electron chi connectivity index (χ2n) is 3.91. The van der Waals surface area contributed by atoms with E-state index in [1.165, 1.54) is 12.1 Å². The summed E-state index contributed by atoms with van der Waals surface area (Å²) >= 11 is 0. The largest absolute Gasteiger partial charge is 0.492 e. The number of hydrogen-bond acceptors (Lipinski definition) is 2. The Morgan fingerprint density at radius 1 is 1.11 bits per heavy atom. The molecule has 94 valence electrons. The summed E-state index contributed by atoms with van der Waals surface area (Å²) in [6.07, 6.45) is 0. The van der Waals surface area contributed by atoms with Crippen LogP contribution in [0.3, 0.4) is 0 Å². The quantitative estimate of drug-likeness (QED) is 0.864. The van der Waals surface area contributed by atoms with Gasteiger partial charge in [0, 0.05) is 6.54 Å². The third-order valence-corrected chi connectivity index (χ3v) is 2.56. The molecule has 18 heavy (non-hydrogen) atoms. The van der Waals surface area contributed by atoms with Crippen molar-refractivity contribution in [3.63, 3.8) is 0 Å². The van der Waals surface area contributed by atoms with Crippen LogP contribution in [0.25, 0.3) is 0 Å². The Morgan fingerprint density at radius 3 is 2.72 bits per heavy atom. The number of anilines is 1. The summed E-state index contributed by atoms with van der Waals surface area (Å²) in [6, 6.07) is 14.3. The van der Waals surface area contributed by atoms with Crippen LogP contribution < -0.4 is 10.1 Å². The molecule has 0 radical (unpaired) electrons. The van der Waals surface area contributed by atoms with Crippen molar-refractivity contribution in [2.75, 3.05) is 11.9 Å². The van der Waals surface area contributed by atoms with Gasteiger partial charge < -0.3 is 10.1 Å². The van der Waals surface area contributed by atoms with Gasteiger partial charge in [-0.15, -0.1) is 0 Å². The van der Waals surface area contributed by atoms with Gasteiger partial charge in [0.2, 0.25) is 0 Å². The van der Waals surface area contributed by atoms with Crippen LogP contribution in [-0.2, 0) is 6.54 Å². The molecule has 3 heteroatoms.